The third-order valence-corrected chi connectivity index (χ3v) is 3.88. The van der Waals surface area contributed by atoms with Crippen LogP contribution >= 0.6 is 0 Å². The molecule has 0 aliphatic rings. The van der Waals surface area contributed by atoms with Crippen molar-refractivity contribution in [2.45, 2.75) is 13.2 Å². The van der Waals surface area contributed by atoms with Gasteiger partial charge in [-0.05, 0) is 24.7 Å². The molecular formula is C18H18N4O3. The zero-order valence-corrected chi connectivity index (χ0v) is 13.7. The monoisotopic (exact) mass is 338 g/mol. The van der Waals surface area contributed by atoms with Crippen LogP contribution in [0.15, 0.2) is 53.1 Å². The Morgan fingerprint density at radius 3 is 2.96 bits per heavy atom. The molecule has 3 aromatic heterocycles. The summed E-state index contributed by atoms with van der Waals surface area (Å²) in [4.78, 5) is 4.36. The van der Waals surface area contributed by atoms with E-state index in [0.29, 0.717) is 23.8 Å². The van der Waals surface area contributed by atoms with Crippen molar-refractivity contribution in [2.24, 2.45) is 0 Å². The summed E-state index contributed by atoms with van der Waals surface area (Å²) in [5.74, 6) is 1.08. The van der Waals surface area contributed by atoms with Gasteiger partial charge in [-0.15, -0.1) is 5.10 Å². The summed E-state index contributed by atoms with van der Waals surface area (Å²) in [6.07, 6.45) is 1.21. The van der Waals surface area contributed by atoms with E-state index in [1.165, 1.54) is 0 Å². The molecule has 128 valence electrons. The van der Waals surface area contributed by atoms with Crippen LogP contribution in [0.3, 0.4) is 0 Å². The second-order valence-electron chi connectivity index (χ2n) is 5.58. The topological polar surface area (TPSA) is 84.8 Å². The van der Waals surface area contributed by atoms with Gasteiger partial charge in [-0.3, -0.25) is 5.32 Å². The van der Waals surface area contributed by atoms with Gasteiger partial charge in [0.05, 0.1) is 12.8 Å². The summed E-state index contributed by atoms with van der Waals surface area (Å²) in [6.45, 7) is 2.48. The van der Waals surface area contributed by atoms with E-state index < -0.39 is 6.23 Å². The number of nitrogens with zero attached hydrogens (tertiary/aromatic N) is 3. The van der Waals surface area contributed by atoms with Gasteiger partial charge in [0.25, 0.3) is 0 Å². The van der Waals surface area contributed by atoms with Crippen molar-refractivity contribution in [1.82, 2.24) is 19.9 Å². The van der Waals surface area contributed by atoms with Crippen LogP contribution in [0.25, 0.3) is 28.1 Å². The van der Waals surface area contributed by atoms with Gasteiger partial charge in [0, 0.05) is 11.5 Å². The van der Waals surface area contributed by atoms with E-state index in [9.17, 15) is 5.11 Å². The molecule has 3 heterocycles. The van der Waals surface area contributed by atoms with Crippen LogP contribution in [-0.2, 0) is 0 Å². The molecule has 4 aromatic rings. The summed E-state index contributed by atoms with van der Waals surface area (Å²) in [5, 5.41) is 17.9. The minimum absolute atomic E-state index is 0.145. The number of benzene rings is 1. The predicted octanol–water partition coefficient (Wildman–Crippen LogP) is 2.45. The first-order valence-corrected chi connectivity index (χ1v) is 8.13. The van der Waals surface area contributed by atoms with E-state index in [0.717, 1.165) is 16.7 Å². The number of aliphatic hydroxyl groups is 1. The lowest BCUT2D eigenvalue weighted by atomic mass is 10.2. The van der Waals surface area contributed by atoms with Crippen LogP contribution in [-0.4, -0.2) is 39.1 Å². The predicted molar refractivity (Wildman–Crippen MR) is 93.4 cm³/mol. The van der Waals surface area contributed by atoms with Crippen LogP contribution < -0.4 is 10.1 Å². The number of hydrogen-bond acceptors (Lipinski definition) is 6. The molecule has 7 nitrogen and oxygen atoms in total. The van der Waals surface area contributed by atoms with Crippen LogP contribution in [0.5, 0.6) is 5.88 Å². The summed E-state index contributed by atoms with van der Waals surface area (Å²) in [6, 6.07) is 13.3. The molecular weight excluding hydrogens is 320 g/mol. The number of likely N-dealkylation sites (N-methyl/N-ethyl adjacent to an activating group) is 1. The lowest BCUT2D eigenvalue weighted by Gasteiger charge is -2.16. The summed E-state index contributed by atoms with van der Waals surface area (Å²) >= 11 is 0. The molecule has 0 spiro atoms. The molecule has 7 heteroatoms. The molecule has 2 N–H and O–H groups in total. The maximum atomic E-state index is 9.36. The fraction of sp³-hybridized carbons (Fsp3) is 0.222. The quantitative estimate of drug-likeness (QED) is 0.525. The van der Waals surface area contributed by atoms with Crippen LogP contribution in [0.2, 0.25) is 0 Å². The average molecular weight is 338 g/mol. The molecule has 0 saturated carbocycles. The number of rotatable bonds is 6. The van der Waals surface area contributed by atoms with E-state index in [-0.39, 0.29) is 6.61 Å². The van der Waals surface area contributed by atoms with Crippen molar-refractivity contribution >= 4 is 16.6 Å². The molecule has 4 rings (SSSR count). The van der Waals surface area contributed by atoms with Crippen LogP contribution in [0, 0.1) is 0 Å². The smallest absolute Gasteiger partial charge is 0.233 e. The number of aromatic nitrogens is 3. The highest BCUT2D eigenvalue weighted by Gasteiger charge is 2.14. The highest BCUT2D eigenvalue weighted by molar-refractivity contribution is 5.82. The molecule has 0 amide bonds. The molecule has 1 aromatic carbocycles. The first-order chi connectivity index (χ1) is 12.3. The van der Waals surface area contributed by atoms with Crippen molar-refractivity contribution in [3.8, 4) is 17.3 Å². The Hall–Kier alpha value is -2.90. The number of para-hydroxylation sites is 1. The van der Waals surface area contributed by atoms with E-state index in [1.54, 1.807) is 16.8 Å². The van der Waals surface area contributed by atoms with Crippen LogP contribution in [0.4, 0.5) is 0 Å². The maximum absolute atomic E-state index is 9.36. The molecule has 0 aliphatic carbocycles. The van der Waals surface area contributed by atoms with Crippen molar-refractivity contribution in [1.29, 1.82) is 0 Å². The third-order valence-electron chi connectivity index (χ3n) is 3.88. The normalized spacial score (nSPS) is 12.7. The molecule has 0 aliphatic heterocycles. The number of nitrogens with one attached hydrogen (secondary N) is 1. The molecule has 1 unspecified atom stereocenters. The Morgan fingerprint density at radius 1 is 1.28 bits per heavy atom. The fourth-order valence-corrected chi connectivity index (χ4v) is 2.71. The van der Waals surface area contributed by atoms with Crippen molar-refractivity contribution in [3.05, 3.63) is 48.7 Å². The second-order valence-corrected chi connectivity index (χ2v) is 5.58. The largest absolute Gasteiger partial charge is 0.455 e. The minimum atomic E-state index is -0.506. The van der Waals surface area contributed by atoms with Gasteiger partial charge in [0.1, 0.15) is 11.3 Å². The summed E-state index contributed by atoms with van der Waals surface area (Å²) < 4.78 is 13.3. The van der Waals surface area contributed by atoms with Gasteiger partial charge < -0.3 is 14.3 Å². The van der Waals surface area contributed by atoms with Gasteiger partial charge in [0.2, 0.25) is 5.88 Å². The number of fused-ring (bicyclic) bond motifs is 2. The number of ether oxygens (including phenoxy) is 1. The van der Waals surface area contributed by atoms with Gasteiger partial charge in [-0.2, -0.15) is 0 Å². The van der Waals surface area contributed by atoms with Crippen molar-refractivity contribution in [2.75, 3.05) is 13.2 Å². The zero-order valence-electron chi connectivity index (χ0n) is 13.7. The molecule has 1 atom stereocenters. The first-order valence-electron chi connectivity index (χ1n) is 8.13. The Kier molecular flexibility index (Phi) is 4.09. The fourth-order valence-electron chi connectivity index (χ4n) is 2.71. The Bertz CT molecular complexity index is 975. The number of imidazole rings is 1. The summed E-state index contributed by atoms with van der Waals surface area (Å²) in [7, 11) is 0. The van der Waals surface area contributed by atoms with Gasteiger partial charge in [-0.1, -0.05) is 25.1 Å². The molecule has 0 radical (unpaired) electrons. The standard InChI is InChI=1S/C18H18N4O3/c1-2-19-18(11-23)25-17-8-7-16-20-10-13(22(16)21-17)15-9-12-5-3-4-6-14(12)24-15/h3-10,18-19,23H,2,11H2,1H3. The Morgan fingerprint density at radius 2 is 2.16 bits per heavy atom. The maximum Gasteiger partial charge on any atom is 0.233 e. The van der Waals surface area contributed by atoms with Crippen molar-refractivity contribution in [3.63, 3.8) is 0 Å². The average Bonchev–Trinajstić information content (AvgIpc) is 3.24. The molecule has 0 bridgehead atoms. The first kappa shape index (κ1) is 15.6. The second kappa shape index (κ2) is 6.54. The van der Waals surface area contributed by atoms with E-state index >= 15 is 0 Å². The van der Waals surface area contributed by atoms with Gasteiger partial charge >= 0.3 is 0 Å². The molecule has 0 saturated heterocycles. The number of hydrogen-bond donors (Lipinski definition) is 2. The lowest BCUT2D eigenvalue weighted by molar-refractivity contribution is 0.0849. The third kappa shape index (κ3) is 2.95. The van der Waals surface area contributed by atoms with Gasteiger partial charge in [-0.25, -0.2) is 9.50 Å². The van der Waals surface area contributed by atoms with E-state index in [1.807, 2.05) is 43.3 Å². The Balaban J connectivity index is 1.73. The minimum Gasteiger partial charge on any atom is -0.455 e. The van der Waals surface area contributed by atoms with Crippen molar-refractivity contribution < 1.29 is 14.3 Å². The highest BCUT2D eigenvalue weighted by Crippen LogP contribution is 2.28. The summed E-state index contributed by atoms with van der Waals surface area (Å²) in [5.41, 5.74) is 2.24. The SMILES string of the molecule is CCNC(CO)Oc1ccc2ncc(-c3cc4ccccc4o3)n2n1. The number of furan rings is 1. The van der Waals surface area contributed by atoms with Gasteiger partial charge in [0.15, 0.2) is 17.6 Å². The lowest BCUT2D eigenvalue weighted by Crippen LogP contribution is -2.37. The Labute approximate surface area is 143 Å². The number of aliphatic hydroxyl groups excluding tert-OH is 1. The highest BCUT2D eigenvalue weighted by atomic mass is 16.5. The van der Waals surface area contributed by atoms with E-state index in [4.69, 9.17) is 9.15 Å². The van der Waals surface area contributed by atoms with Crippen LogP contribution in [0.1, 0.15) is 6.92 Å². The van der Waals surface area contributed by atoms with E-state index in [2.05, 4.69) is 15.4 Å². The molecule has 0 fully saturated rings. The zero-order chi connectivity index (χ0) is 17.2. The molecule has 25 heavy (non-hydrogen) atoms.